The fourth-order valence-electron chi connectivity index (χ4n) is 1.72. The molecule has 0 spiro atoms. The quantitative estimate of drug-likeness (QED) is 0.470. The SMILES string of the molecule is COc1cc(Cn2cnc(S(=O)(=O)Cl)c2)cc([N+](=O)[O-])c1. The van der Waals surface area contributed by atoms with Gasteiger partial charge in [0.1, 0.15) is 5.75 Å². The van der Waals surface area contributed by atoms with Gasteiger partial charge in [-0.1, -0.05) is 0 Å². The Morgan fingerprint density at radius 2 is 2.14 bits per heavy atom. The highest BCUT2D eigenvalue weighted by Gasteiger charge is 2.15. The van der Waals surface area contributed by atoms with Crippen molar-refractivity contribution in [2.24, 2.45) is 0 Å². The lowest BCUT2D eigenvalue weighted by molar-refractivity contribution is -0.385. The number of hydrogen-bond donors (Lipinski definition) is 0. The van der Waals surface area contributed by atoms with Gasteiger partial charge in [0.05, 0.1) is 24.4 Å². The molecule has 0 saturated heterocycles. The van der Waals surface area contributed by atoms with Gasteiger partial charge in [0.25, 0.3) is 14.7 Å². The number of nitrogens with zero attached hydrogens (tertiary/aromatic N) is 3. The zero-order valence-electron chi connectivity index (χ0n) is 10.8. The van der Waals surface area contributed by atoms with E-state index in [-0.39, 0.29) is 17.3 Å². The molecule has 0 aliphatic heterocycles. The summed E-state index contributed by atoms with van der Waals surface area (Å²) in [7, 11) is 2.68. The minimum atomic E-state index is -3.90. The molecule has 2 rings (SSSR count). The molecule has 0 bridgehead atoms. The van der Waals surface area contributed by atoms with Crippen molar-refractivity contribution in [1.82, 2.24) is 9.55 Å². The summed E-state index contributed by atoms with van der Waals surface area (Å²) >= 11 is 0. The summed E-state index contributed by atoms with van der Waals surface area (Å²) in [6.07, 6.45) is 2.52. The molecule has 0 saturated carbocycles. The van der Waals surface area contributed by atoms with Crippen LogP contribution < -0.4 is 4.74 Å². The number of hydrogen-bond acceptors (Lipinski definition) is 6. The maximum Gasteiger partial charge on any atom is 0.280 e. The smallest absolute Gasteiger partial charge is 0.280 e. The molecule has 0 N–H and O–H groups in total. The number of halogens is 1. The van der Waals surface area contributed by atoms with Crippen LogP contribution in [0.5, 0.6) is 5.75 Å². The Morgan fingerprint density at radius 1 is 1.43 bits per heavy atom. The number of aromatic nitrogens is 2. The van der Waals surface area contributed by atoms with E-state index >= 15 is 0 Å². The molecule has 2 aromatic rings. The van der Waals surface area contributed by atoms with Crippen LogP contribution >= 0.6 is 10.7 Å². The summed E-state index contributed by atoms with van der Waals surface area (Å²) in [5, 5.41) is 10.6. The van der Waals surface area contributed by atoms with Gasteiger partial charge in [-0.15, -0.1) is 0 Å². The third kappa shape index (κ3) is 3.70. The van der Waals surface area contributed by atoms with E-state index in [1.165, 1.54) is 36.3 Å². The van der Waals surface area contributed by atoms with Gasteiger partial charge >= 0.3 is 0 Å². The fourth-order valence-corrected chi connectivity index (χ4v) is 2.39. The number of ether oxygens (including phenoxy) is 1. The van der Waals surface area contributed by atoms with Crippen molar-refractivity contribution in [3.05, 3.63) is 46.4 Å². The van der Waals surface area contributed by atoms with E-state index < -0.39 is 14.0 Å². The van der Waals surface area contributed by atoms with E-state index in [1.807, 2.05) is 0 Å². The molecule has 0 aliphatic carbocycles. The number of nitro groups is 1. The van der Waals surface area contributed by atoms with Gasteiger partial charge in [-0.05, 0) is 11.6 Å². The molecule has 0 fully saturated rings. The minimum absolute atomic E-state index is 0.116. The Morgan fingerprint density at radius 3 is 2.67 bits per heavy atom. The van der Waals surface area contributed by atoms with E-state index in [0.29, 0.717) is 11.3 Å². The van der Waals surface area contributed by atoms with Crippen LogP contribution in [0.3, 0.4) is 0 Å². The zero-order valence-corrected chi connectivity index (χ0v) is 12.3. The van der Waals surface area contributed by atoms with Crippen LogP contribution in [0.4, 0.5) is 5.69 Å². The van der Waals surface area contributed by atoms with Crippen LogP contribution in [-0.2, 0) is 15.6 Å². The molecule has 0 unspecified atom stereocenters. The monoisotopic (exact) mass is 331 g/mol. The average molecular weight is 332 g/mol. The number of benzene rings is 1. The highest BCUT2D eigenvalue weighted by Crippen LogP contribution is 2.23. The van der Waals surface area contributed by atoms with E-state index in [1.54, 1.807) is 6.07 Å². The largest absolute Gasteiger partial charge is 0.496 e. The van der Waals surface area contributed by atoms with Crippen molar-refractivity contribution in [1.29, 1.82) is 0 Å². The van der Waals surface area contributed by atoms with E-state index in [9.17, 15) is 18.5 Å². The third-order valence-corrected chi connectivity index (χ3v) is 3.81. The van der Waals surface area contributed by atoms with Crippen molar-refractivity contribution in [2.45, 2.75) is 11.6 Å². The van der Waals surface area contributed by atoms with Gasteiger partial charge in [-0.2, -0.15) is 0 Å². The first-order valence-electron chi connectivity index (χ1n) is 5.58. The summed E-state index contributed by atoms with van der Waals surface area (Å²) in [5.74, 6) is 0.338. The molecular weight excluding hydrogens is 322 g/mol. The van der Waals surface area contributed by atoms with Crippen LogP contribution in [0.1, 0.15) is 5.56 Å². The average Bonchev–Trinajstić information content (AvgIpc) is 2.86. The number of rotatable bonds is 5. The molecule has 0 amide bonds. The van der Waals surface area contributed by atoms with Crippen molar-refractivity contribution in [3.63, 3.8) is 0 Å². The summed E-state index contributed by atoms with van der Waals surface area (Å²) in [6, 6.07) is 4.28. The summed E-state index contributed by atoms with van der Waals surface area (Å²) in [4.78, 5) is 14.0. The molecule has 1 aromatic carbocycles. The number of non-ortho nitro benzene ring substituents is 1. The Balaban J connectivity index is 2.33. The standard InChI is InChI=1S/C11H10ClN3O5S/c1-20-10-3-8(2-9(4-10)15(16)17)5-14-6-11(13-7-14)21(12,18)19/h2-4,6-7H,5H2,1H3. The first kappa shape index (κ1) is 15.3. The van der Waals surface area contributed by atoms with Crippen LogP contribution in [0.15, 0.2) is 35.7 Å². The summed E-state index contributed by atoms with van der Waals surface area (Å²) in [5.41, 5.74) is 0.451. The molecule has 1 heterocycles. The van der Waals surface area contributed by atoms with Crippen molar-refractivity contribution in [2.75, 3.05) is 7.11 Å². The van der Waals surface area contributed by atoms with E-state index in [2.05, 4.69) is 4.98 Å². The van der Waals surface area contributed by atoms with Gasteiger partial charge in [0.15, 0.2) is 5.03 Å². The van der Waals surface area contributed by atoms with Gasteiger partial charge in [-0.25, -0.2) is 13.4 Å². The molecule has 112 valence electrons. The highest BCUT2D eigenvalue weighted by atomic mass is 35.7. The molecule has 21 heavy (non-hydrogen) atoms. The molecule has 0 radical (unpaired) electrons. The molecule has 10 heteroatoms. The number of nitro benzene ring substituents is 1. The second kappa shape index (κ2) is 5.70. The Kier molecular flexibility index (Phi) is 4.14. The number of methoxy groups -OCH3 is 1. The van der Waals surface area contributed by atoms with Crippen molar-refractivity contribution < 1.29 is 18.1 Å². The lowest BCUT2D eigenvalue weighted by atomic mass is 10.2. The van der Waals surface area contributed by atoms with Crippen molar-refractivity contribution >= 4 is 25.4 Å². The highest BCUT2D eigenvalue weighted by molar-refractivity contribution is 8.13. The van der Waals surface area contributed by atoms with Gasteiger partial charge in [0, 0.05) is 29.5 Å². The normalized spacial score (nSPS) is 11.3. The lowest BCUT2D eigenvalue weighted by Gasteiger charge is -2.05. The van der Waals surface area contributed by atoms with E-state index in [0.717, 1.165) is 0 Å². The van der Waals surface area contributed by atoms with Crippen molar-refractivity contribution in [3.8, 4) is 5.75 Å². The topological polar surface area (TPSA) is 104 Å². The van der Waals surface area contributed by atoms with Crippen LogP contribution in [0.25, 0.3) is 0 Å². The Bertz CT molecular complexity index is 787. The van der Waals surface area contributed by atoms with Crippen LogP contribution in [-0.4, -0.2) is 30.0 Å². The molecule has 8 nitrogen and oxygen atoms in total. The lowest BCUT2D eigenvalue weighted by Crippen LogP contribution is -1.99. The third-order valence-electron chi connectivity index (χ3n) is 2.62. The first-order chi connectivity index (χ1) is 9.79. The summed E-state index contributed by atoms with van der Waals surface area (Å²) < 4.78 is 28.7. The van der Waals surface area contributed by atoms with Crippen LogP contribution in [0, 0.1) is 10.1 Å². The molecular formula is C11H10ClN3O5S. The minimum Gasteiger partial charge on any atom is -0.496 e. The molecule has 1 aromatic heterocycles. The second-order valence-corrected chi connectivity index (χ2v) is 6.63. The van der Waals surface area contributed by atoms with Gasteiger partial charge in [0.2, 0.25) is 0 Å². The summed E-state index contributed by atoms with van der Waals surface area (Å²) in [6.45, 7) is 0.192. The predicted molar refractivity (Wildman–Crippen MR) is 74.0 cm³/mol. The predicted octanol–water partition coefficient (Wildman–Crippen LogP) is 1.78. The Hall–Kier alpha value is -2.13. The maximum atomic E-state index is 11.1. The molecule has 0 aliphatic rings. The van der Waals surface area contributed by atoms with Crippen LogP contribution in [0.2, 0.25) is 0 Å². The van der Waals surface area contributed by atoms with Gasteiger partial charge in [-0.3, -0.25) is 10.1 Å². The number of imidazole rings is 1. The Labute approximate surface area is 124 Å². The zero-order chi connectivity index (χ0) is 15.6. The van der Waals surface area contributed by atoms with Gasteiger partial charge < -0.3 is 9.30 Å². The molecule has 0 atom stereocenters. The first-order valence-corrected chi connectivity index (χ1v) is 7.89. The maximum absolute atomic E-state index is 11.1. The second-order valence-electron chi connectivity index (χ2n) is 4.12. The fraction of sp³-hybridized carbons (Fsp3) is 0.182. The van der Waals surface area contributed by atoms with E-state index in [4.69, 9.17) is 15.4 Å².